The Kier molecular flexibility index (Phi) is 4.36. The monoisotopic (exact) mass is 371 g/mol. The Bertz CT molecular complexity index is 917. The highest BCUT2D eigenvalue weighted by atomic mass is 35.5. The van der Waals surface area contributed by atoms with Gasteiger partial charge in [0.1, 0.15) is 0 Å². The number of carbonyl (C=O) groups is 1. The third kappa shape index (κ3) is 3.22. The van der Waals surface area contributed by atoms with E-state index in [-0.39, 0.29) is 11.8 Å². The molecule has 1 aliphatic rings. The molecule has 1 N–H and O–H groups in total. The molecule has 0 saturated carbocycles. The summed E-state index contributed by atoms with van der Waals surface area (Å²) in [6, 6.07) is 13.8. The molecule has 0 spiro atoms. The molecule has 6 heteroatoms. The molecule has 1 amide bonds. The molecule has 1 atom stereocenters. The van der Waals surface area contributed by atoms with Crippen LogP contribution in [0.5, 0.6) is 0 Å². The summed E-state index contributed by atoms with van der Waals surface area (Å²) in [6.07, 6.45) is 0.927. The van der Waals surface area contributed by atoms with Crippen molar-refractivity contribution >= 4 is 28.8 Å². The van der Waals surface area contributed by atoms with E-state index in [1.807, 2.05) is 41.3 Å². The van der Waals surface area contributed by atoms with Gasteiger partial charge in [0, 0.05) is 28.9 Å². The predicted molar refractivity (Wildman–Crippen MR) is 101 cm³/mol. The number of aromatic nitrogens is 2. The van der Waals surface area contributed by atoms with E-state index in [4.69, 9.17) is 11.6 Å². The summed E-state index contributed by atoms with van der Waals surface area (Å²) in [5.41, 5.74) is 2.49. The van der Waals surface area contributed by atoms with Crippen molar-refractivity contribution in [1.82, 2.24) is 15.1 Å². The number of rotatable bonds is 3. The third-order valence-corrected chi connectivity index (χ3v) is 6.00. The number of amides is 1. The summed E-state index contributed by atoms with van der Waals surface area (Å²) >= 11 is 7.99. The molecule has 1 aromatic carbocycles. The number of thiophene rings is 1. The molecule has 25 heavy (non-hydrogen) atoms. The Morgan fingerprint density at radius 2 is 2.16 bits per heavy atom. The standard InChI is InChI=1S/C19H18ClN3OS/c1-12-6-7-18(25-12)16-10-17(22-21-16)19(24)23-9-8-13(11-23)14-4-2-3-5-15(14)20/h2-7,10,13H,8-9,11H2,1H3,(H,21,22)/t13-/m1/s1. The van der Waals surface area contributed by atoms with Crippen LogP contribution >= 0.6 is 22.9 Å². The second-order valence-corrected chi connectivity index (χ2v) is 8.03. The Labute approximate surface area is 155 Å². The zero-order chi connectivity index (χ0) is 17.4. The number of aryl methyl sites for hydroxylation is 1. The fourth-order valence-electron chi connectivity index (χ4n) is 3.30. The van der Waals surface area contributed by atoms with Crippen LogP contribution in [0.2, 0.25) is 5.02 Å². The number of hydrogen-bond acceptors (Lipinski definition) is 3. The van der Waals surface area contributed by atoms with Crippen molar-refractivity contribution in [1.29, 1.82) is 0 Å². The summed E-state index contributed by atoms with van der Waals surface area (Å²) in [5.74, 6) is 0.265. The lowest BCUT2D eigenvalue weighted by atomic mass is 9.98. The van der Waals surface area contributed by atoms with Crippen molar-refractivity contribution in [3.63, 3.8) is 0 Å². The van der Waals surface area contributed by atoms with Gasteiger partial charge in [0.05, 0.1) is 10.6 Å². The van der Waals surface area contributed by atoms with Crippen LogP contribution < -0.4 is 0 Å². The van der Waals surface area contributed by atoms with Gasteiger partial charge in [-0.2, -0.15) is 5.10 Å². The van der Waals surface area contributed by atoms with Crippen molar-refractivity contribution in [2.75, 3.05) is 13.1 Å². The van der Waals surface area contributed by atoms with Gasteiger partial charge < -0.3 is 4.90 Å². The summed E-state index contributed by atoms with van der Waals surface area (Å²) < 4.78 is 0. The molecule has 0 radical (unpaired) electrons. The first-order chi connectivity index (χ1) is 12.1. The van der Waals surface area contributed by atoms with E-state index >= 15 is 0 Å². The van der Waals surface area contributed by atoms with E-state index in [1.54, 1.807) is 11.3 Å². The fraction of sp³-hybridized carbons (Fsp3) is 0.263. The summed E-state index contributed by atoms with van der Waals surface area (Å²) in [5, 5.41) is 7.98. The highest BCUT2D eigenvalue weighted by Crippen LogP contribution is 2.33. The number of nitrogens with zero attached hydrogens (tertiary/aromatic N) is 2. The van der Waals surface area contributed by atoms with Gasteiger partial charge in [-0.05, 0) is 43.2 Å². The highest BCUT2D eigenvalue weighted by Gasteiger charge is 2.30. The van der Waals surface area contributed by atoms with E-state index in [2.05, 4.69) is 23.2 Å². The number of carbonyl (C=O) groups excluding carboxylic acids is 1. The van der Waals surface area contributed by atoms with Gasteiger partial charge in [-0.25, -0.2) is 0 Å². The number of H-pyrrole nitrogens is 1. The van der Waals surface area contributed by atoms with Gasteiger partial charge in [0.2, 0.25) is 0 Å². The van der Waals surface area contributed by atoms with Gasteiger partial charge in [-0.1, -0.05) is 29.8 Å². The van der Waals surface area contributed by atoms with E-state index in [0.717, 1.165) is 34.1 Å². The minimum absolute atomic E-state index is 0.0228. The molecule has 3 heterocycles. The Morgan fingerprint density at radius 3 is 2.92 bits per heavy atom. The van der Waals surface area contributed by atoms with Crippen LogP contribution in [0.15, 0.2) is 42.5 Å². The maximum absolute atomic E-state index is 12.8. The van der Waals surface area contributed by atoms with Gasteiger partial charge in [-0.15, -0.1) is 11.3 Å². The van der Waals surface area contributed by atoms with Gasteiger partial charge in [-0.3, -0.25) is 9.89 Å². The average molecular weight is 372 g/mol. The molecular weight excluding hydrogens is 354 g/mol. The first-order valence-electron chi connectivity index (χ1n) is 8.28. The molecule has 128 valence electrons. The van der Waals surface area contributed by atoms with Crippen molar-refractivity contribution in [2.24, 2.45) is 0 Å². The van der Waals surface area contributed by atoms with E-state index in [0.29, 0.717) is 12.2 Å². The van der Waals surface area contributed by atoms with Gasteiger partial charge in [0.15, 0.2) is 5.69 Å². The summed E-state index contributed by atoms with van der Waals surface area (Å²) in [6.45, 7) is 3.48. The second kappa shape index (κ2) is 6.65. The van der Waals surface area contributed by atoms with E-state index in [1.165, 1.54) is 4.88 Å². The number of hydrogen-bond donors (Lipinski definition) is 1. The molecule has 3 aromatic rings. The molecule has 1 aliphatic heterocycles. The van der Waals surface area contributed by atoms with Crippen LogP contribution in [0.4, 0.5) is 0 Å². The topological polar surface area (TPSA) is 49.0 Å². The smallest absolute Gasteiger partial charge is 0.274 e. The second-order valence-electron chi connectivity index (χ2n) is 6.34. The SMILES string of the molecule is Cc1ccc(-c2cc(C(=O)N3CC[C@@H](c4ccccc4Cl)C3)n[nH]2)s1. The van der Waals surface area contributed by atoms with Crippen molar-refractivity contribution < 1.29 is 4.79 Å². The predicted octanol–water partition coefficient (Wildman–Crippen LogP) is 4.73. The van der Waals surface area contributed by atoms with Gasteiger partial charge in [0.25, 0.3) is 5.91 Å². The fourth-order valence-corrected chi connectivity index (χ4v) is 4.43. The first-order valence-corrected chi connectivity index (χ1v) is 9.47. The van der Waals surface area contributed by atoms with Gasteiger partial charge >= 0.3 is 0 Å². The van der Waals surface area contributed by atoms with Crippen LogP contribution in [-0.2, 0) is 0 Å². The number of nitrogens with one attached hydrogen (secondary N) is 1. The maximum Gasteiger partial charge on any atom is 0.274 e. The molecule has 1 fully saturated rings. The Morgan fingerprint density at radius 1 is 1.32 bits per heavy atom. The molecule has 2 aromatic heterocycles. The largest absolute Gasteiger partial charge is 0.337 e. The minimum atomic E-state index is -0.0228. The van der Waals surface area contributed by atoms with E-state index < -0.39 is 0 Å². The van der Waals surface area contributed by atoms with Crippen molar-refractivity contribution in [2.45, 2.75) is 19.3 Å². The van der Waals surface area contributed by atoms with Crippen LogP contribution in [0.3, 0.4) is 0 Å². The van der Waals surface area contributed by atoms with Crippen LogP contribution in [0.25, 0.3) is 10.6 Å². The van der Waals surface area contributed by atoms with Crippen molar-refractivity contribution in [3.8, 4) is 10.6 Å². The number of aromatic amines is 1. The molecule has 4 nitrogen and oxygen atoms in total. The Hall–Kier alpha value is -2.11. The zero-order valence-electron chi connectivity index (χ0n) is 13.8. The zero-order valence-corrected chi connectivity index (χ0v) is 15.4. The molecular formula is C19H18ClN3OS. The lowest BCUT2D eigenvalue weighted by Gasteiger charge is -2.16. The quantitative estimate of drug-likeness (QED) is 0.723. The molecule has 0 bridgehead atoms. The van der Waals surface area contributed by atoms with Crippen LogP contribution in [-0.4, -0.2) is 34.1 Å². The maximum atomic E-state index is 12.8. The average Bonchev–Trinajstić information content (AvgIpc) is 3.35. The highest BCUT2D eigenvalue weighted by molar-refractivity contribution is 7.15. The molecule has 4 rings (SSSR count). The molecule has 1 saturated heterocycles. The van der Waals surface area contributed by atoms with Crippen molar-refractivity contribution in [3.05, 3.63) is 63.6 Å². The normalized spacial score (nSPS) is 17.2. The van der Waals surface area contributed by atoms with Crippen LogP contribution in [0.1, 0.15) is 33.3 Å². The van der Waals surface area contributed by atoms with E-state index in [9.17, 15) is 4.79 Å². The lowest BCUT2D eigenvalue weighted by Crippen LogP contribution is -2.28. The Balaban J connectivity index is 1.49. The molecule has 0 unspecified atom stereocenters. The lowest BCUT2D eigenvalue weighted by molar-refractivity contribution is 0.0785. The number of likely N-dealkylation sites (tertiary alicyclic amines) is 1. The third-order valence-electron chi connectivity index (χ3n) is 4.62. The summed E-state index contributed by atoms with van der Waals surface area (Å²) in [4.78, 5) is 17.0. The minimum Gasteiger partial charge on any atom is -0.337 e. The first kappa shape index (κ1) is 16.4. The number of halogens is 1. The van der Waals surface area contributed by atoms with Crippen LogP contribution in [0, 0.1) is 6.92 Å². The molecule has 0 aliphatic carbocycles. The summed E-state index contributed by atoms with van der Waals surface area (Å²) in [7, 11) is 0. The number of benzene rings is 1.